The van der Waals surface area contributed by atoms with Crippen LogP contribution < -0.4 is 16.8 Å². The van der Waals surface area contributed by atoms with Gasteiger partial charge in [-0.1, -0.05) is 13.3 Å². The van der Waals surface area contributed by atoms with Crippen molar-refractivity contribution in [1.82, 2.24) is 5.32 Å². The molecule has 0 bridgehead atoms. The van der Waals surface area contributed by atoms with E-state index >= 15 is 0 Å². The molecule has 0 saturated carbocycles. The molecule has 0 aliphatic heterocycles. The quantitative estimate of drug-likeness (QED) is 0.432. The van der Waals surface area contributed by atoms with Crippen molar-refractivity contribution in [1.29, 1.82) is 0 Å². The third-order valence-corrected chi connectivity index (χ3v) is 2.23. The molecule has 0 aliphatic rings. The number of carbonyl (C=O) groups excluding carboxylic acids is 2. The first-order valence-electron chi connectivity index (χ1n) is 5.45. The Hall–Kier alpha value is -1.63. The smallest absolute Gasteiger partial charge is 0.326 e. The average Bonchev–Trinajstić information content (AvgIpc) is 2.23. The summed E-state index contributed by atoms with van der Waals surface area (Å²) in [5.74, 6) is -2.34. The van der Waals surface area contributed by atoms with E-state index in [9.17, 15) is 14.4 Å². The van der Waals surface area contributed by atoms with Crippen LogP contribution in [0.15, 0.2) is 0 Å². The monoisotopic (exact) mass is 245 g/mol. The number of primary amides is 1. The predicted octanol–water partition coefficient (Wildman–Crippen LogP) is -1.05. The predicted molar refractivity (Wildman–Crippen MR) is 60.9 cm³/mol. The van der Waals surface area contributed by atoms with Gasteiger partial charge >= 0.3 is 5.97 Å². The summed E-state index contributed by atoms with van der Waals surface area (Å²) in [6.07, 6.45) is 1.08. The van der Waals surface area contributed by atoms with Crippen LogP contribution in [0.25, 0.3) is 0 Å². The number of carboxylic acid groups (broad SMARTS) is 1. The van der Waals surface area contributed by atoms with Gasteiger partial charge in [-0.3, -0.25) is 9.59 Å². The summed E-state index contributed by atoms with van der Waals surface area (Å²) in [5, 5.41) is 11.1. The topological polar surface area (TPSA) is 136 Å². The Labute approximate surface area is 99.5 Å². The fourth-order valence-corrected chi connectivity index (χ4v) is 1.26. The van der Waals surface area contributed by atoms with Crippen LogP contribution in [0.5, 0.6) is 0 Å². The first-order chi connectivity index (χ1) is 7.88. The molecule has 0 rings (SSSR count). The Balaban J connectivity index is 4.29. The number of amides is 2. The van der Waals surface area contributed by atoms with E-state index in [0.29, 0.717) is 6.42 Å². The van der Waals surface area contributed by atoms with Crippen molar-refractivity contribution in [2.75, 3.05) is 0 Å². The van der Waals surface area contributed by atoms with E-state index in [1.54, 1.807) is 0 Å². The van der Waals surface area contributed by atoms with Gasteiger partial charge in [0.25, 0.3) is 0 Å². The number of nitrogens with two attached hydrogens (primary N) is 2. The number of carbonyl (C=O) groups is 3. The van der Waals surface area contributed by atoms with Gasteiger partial charge in [0, 0.05) is 6.42 Å². The van der Waals surface area contributed by atoms with E-state index in [1.165, 1.54) is 0 Å². The van der Waals surface area contributed by atoms with Gasteiger partial charge in [0.05, 0.1) is 6.04 Å². The number of carboxylic acids is 1. The zero-order valence-electron chi connectivity index (χ0n) is 9.81. The molecule has 0 spiro atoms. The zero-order chi connectivity index (χ0) is 13.4. The highest BCUT2D eigenvalue weighted by atomic mass is 16.4. The van der Waals surface area contributed by atoms with E-state index in [2.05, 4.69) is 5.32 Å². The Morgan fingerprint density at radius 2 is 1.88 bits per heavy atom. The second kappa shape index (κ2) is 7.61. The molecule has 0 aromatic carbocycles. The summed E-state index contributed by atoms with van der Waals surface area (Å²) in [7, 11) is 0. The lowest BCUT2D eigenvalue weighted by atomic mass is 10.1. The van der Waals surface area contributed by atoms with Crippen molar-refractivity contribution in [2.45, 2.75) is 44.7 Å². The van der Waals surface area contributed by atoms with E-state index in [0.717, 1.165) is 6.42 Å². The molecular weight excluding hydrogens is 226 g/mol. The maximum atomic E-state index is 11.5. The minimum Gasteiger partial charge on any atom is -0.480 e. The number of aliphatic carboxylic acids is 1. The molecule has 17 heavy (non-hydrogen) atoms. The highest BCUT2D eigenvalue weighted by Gasteiger charge is 2.23. The Morgan fingerprint density at radius 3 is 2.29 bits per heavy atom. The molecular formula is C10H19N3O4. The lowest BCUT2D eigenvalue weighted by Crippen LogP contribution is -2.48. The summed E-state index contributed by atoms with van der Waals surface area (Å²) < 4.78 is 0. The van der Waals surface area contributed by atoms with E-state index in [1.807, 2.05) is 6.92 Å². The van der Waals surface area contributed by atoms with Crippen molar-refractivity contribution in [3.63, 3.8) is 0 Å². The van der Waals surface area contributed by atoms with Crippen molar-refractivity contribution in [3.05, 3.63) is 0 Å². The lowest BCUT2D eigenvalue weighted by Gasteiger charge is -2.16. The van der Waals surface area contributed by atoms with Crippen molar-refractivity contribution in [3.8, 4) is 0 Å². The molecule has 98 valence electrons. The fourth-order valence-electron chi connectivity index (χ4n) is 1.26. The minimum atomic E-state index is -1.21. The van der Waals surface area contributed by atoms with Crippen LogP contribution in [0.3, 0.4) is 0 Å². The largest absolute Gasteiger partial charge is 0.480 e. The van der Waals surface area contributed by atoms with Gasteiger partial charge in [-0.05, 0) is 12.8 Å². The van der Waals surface area contributed by atoms with Gasteiger partial charge < -0.3 is 21.9 Å². The lowest BCUT2D eigenvalue weighted by molar-refractivity contribution is -0.142. The maximum Gasteiger partial charge on any atom is 0.326 e. The van der Waals surface area contributed by atoms with E-state index < -0.39 is 29.9 Å². The third-order valence-electron chi connectivity index (χ3n) is 2.23. The van der Waals surface area contributed by atoms with Crippen LogP contribution >= 0.6 is 0 Å². The molecule has 0 fully saturated rings. The van der Waals surface area contributed by atoms with Crippen molar-refractivity contribution in [2.24, 2.45) is 11.5 Å². The first kappa shape index (κ1) is 15.4. The molecule has 7 heteroatoms. The normalized spacial score (nSPS) is 13.8. The SMILES string of the molecule is CCCC(N)C(=O)N[C@H](CCC(N)=O)C(=O)O. The first-order valence-corrected chi connectivity index (χ1v) is 5.45. The molecule has 2 amide bonds. The van der Waals surface area contributed by atoms with Crippen molar-refractivity contribution >= 4 is 17.8 Å². The highest BCUT2D eigenvalue weighted by Crippen LogP contribution is 2.00. The second-order valence-electron chi connectivity index (χ2n) is 3.80. The number of hydrogen-bond acceptors (Lipinski definition) is 4. The van der Waals surface area contributed by atoms with E-state index in [4.69, 9.17) is 16.6 Å². The summed E-state index contributed by atoms with van der Waals surface area (Å²) in [6.45, 7) is 1.87. The average molecular weight is 245 g/mol. The number of rotatable bonds is 8. The van der Waals surface area contributed by atoms with Crippen molar-refractivity contribution < 1.29 is 19.5 Å². The molecule has 0 radical (unpaired) electrons. The van der Waals surface area contributed by atoms with Crippen LogP contribution in [0.1, 0.15) is 32.6 Å². The second-order valence-corrected chi connectivity index (χ2v) is 3.80. The van der Waals surface area contributed by atoms with Gasteiger partial charge in [0.1, 0.15) is 6.04 Å². The zero-order valence-corrected chi connectivity index (χ0v) is 9.81. The van der Waals surface area contributed by atoms with Gasteiger partial charge in [-0.2, -0.15) is 0 Å². The fraction of sp³-hybridized carbons (Fsp3) is 0.700. The van der Waals surface area contributed by atoms with Crippen LogP contribution in [0.2, 0.25) is 0 Å². The molecule has 0 saturated heterocycles. The third kappa shape index (κ3) is 6.52. The Kier molecular flexibility index (Phi) is 6.88. The summed E-state index contributed by atoms with van der Waals surface area (Å²) in [6, 6.07) is -1.85. The van der Waals surface area contributed by atoms with Crippen LogP contribution in [-0.2, 0) is 14.4 Å². The molecule has 0 aromatic rings. The minimum absolute atomic E-state index is 0.0325. The summed E-state index contributed by atoms with van der Waals surface area (Å²) in [4.78, 5) is 32.8. The summed E-state index contributed by atoms with van der Waals surface area (Å²) >= 11 is 0. The molecule has 2 atom stereocenters. The molecule has 0 aliphatic carbocycles. The maximum absolute atomic E-state index is 11.5. The van der Waals surface area contributed by atoms with Gasteiger partial charge in [-0.25, -0.2) is 4.79 Å². The Bertz CT molecular complexity index is 293. The highest BCUT2D eigenvalue weighted by molar-refractivity contribution is 5.87. The number of nitrogens with one attached hydrogen (secondary N) is 1. The molecule has 0 heterocycles. The van der Waals surface area contributed by atoms with E-state index in [-0.39, 0.29) is 12.8 Å². The molecule has 0 aromatic heterocycles. The Morgan fingerprint density at radius 1 is 1.29 bits per heavy atom. The molecule has 6 N–H and O–H groups in total. The number of hydrogen-bond donors (Lipinski definition) is 4. The standard InChI is InChI=1S/C10H19N3O4/c1-2-3-6(11)9(15)13-7(10(16)17)4-5-8(12)14/h6-7H,2-5,11H2,1H3,(H2,12,14)(H,13,15)(H,16,17)/t6?,7-/m1/s1. The van der Waals surface area contributed by atoms with Gasteiger partial charge in [0.15, 0.2) is 0 Å². The van der Waals surface area contributed by atoms with Crippen LogP contribution in [0.4, 0.5) is 0 Å². The molecule has 1 unspecified atom stereocenters. The van der Waals surface area contributed by atoms with Gasteiger partial charge in [-0.15, -0.1) is 0 Å². The van der Waals surface area contributed by atoms with Gasteiger partial charge in [0.2, 0.25) is 11.8 Å². The van der Waals surface area contributed by atoms with Crippen LogP contribution in [-0.4, -0.2) is 35.0 Å². The van der Waals surface area contributed by atoms with Crippen LogP contribution in [0, 0.1) is 0 Å². The summed E-state index contributed by atoms with van der Waals surface area (Å²) in [5.41, 5.74) is 10.4. The molecule has 7 nitrogen and oxygen atoms in total.